The highest BCUT2D eigenvalue weighted by Gasteiger charge is 2.41. The molecular formula is C19H17Cl2N3O3. The Balaban J connectivity index is 1.79. The number of hydrogen-bond donors (Lipinski definition) is 2. The van der Waals surface area contributed by atoms with Gasteiger partial charge in [-0.05, 0) is 57.2 Å². The van der Waals surface area contributed by atoms with Crippen LogP contribution in [0.5, 0.6) is 0 Å². The molecule has 8 heteroatoms. The molecule has 0 atom stereocenters. The van der Waals surface area contributed by atoms with Gasteiger partial charge in [0.15, 0.2) is 0 Å². The summed E-state index contributed by atoms with van der Waals surface area (Å²) >= 11 is 11.8. The van der Waals surface area contributed by atoms with Crippen LogP contribution in [0.4, 0.5) is 16.2 Å². The zero-order chi connectivity index (χ0) is 19.9. The molecule has 1 aliphatic rings. The van der Waals surface area contributed by atoms with Gasteiger partial charge >= 0.3 is 6.03 Å². The molecule has 6 nitrogen and oxygen atoms in total. The Kier molecular flexibility index (Phi) is 4.88. The normalized spacial score (nSPS) is 13.6. The number of halogens is 2. The molecule has 0 radical (unpaired) electrons. The van der Waals surface area contributed by atoms with Crippen LogP contribution >= 0.6 is 23.2 Å². The van der Waals surface area contributed by atoms with Crippen LogP contribution in [0.3, 0.4) is 0 Å². The second-order valence-corrected chi connectivity index (χ2v) is 7.99. The Labute approximate surface area is 166 Å². The van der Waals surface area contributed by atoms with Crippen molar-refractivity contribution in [3.63, 3.8) is 0 Å². The fourth-order valence-electron chi connectivity index (χ4n) is 2.85. The van der Waals surface area contributed by atoms with Crippen molar-refractivity contribution in [3.05, 3.63) is 57.6 Å². The summed E-state index contributed by atoms with van der Waals surface area (Å²) in [5, 5.41) is 6.02. The highest BCUT2D eigenvalue weighted by Crippen LogP contribution is 2.31. The van der Waals surface area contributed by atoms with E-state index in [9.17, 15) is 14.4 Å². The molecule has 140 valence electrons. The van der Waals surface area contributed by atoms with Gasteiger partial charge < -0.3 is 10.6 Å². The summed E-state index contributed by atoms with van der Waals surface area (Å²) in [5.74, 6) is -0.722. The topological polar surface area (TPSA) is 78.5 Å². The Morgan fingerprint density at radius 2 is 1.41 bits per heavy atom. The van der Waals surface area contributed by atoms with Crippen LogP contribution in [0.1, 0.15) is 41.5 Å². The molecule has 0 aromatic heterocycles. The van der Waals surface area contributed by atoms with Crippen LogP contribution in [0.2, 0.25) is 10.0 Å². The highest BCUT2D eigenvalue weighted by molar-refractivity contribution is 6.35. The van der Waals surface area contributed by atoms with Gasteiger partial charge in [0.05, 0.1) is 11.1 Å². The monoisotopic (exact) mass is 405 g/mol. The van der Waals surface area contributed by atoms with Gasteiger partial charge in [0.1, 0.15) is 0 Å². The molecule has 0 fully saturated rings. The lowest BCUT2D eigenvalue weighted by Crippen LogP contribution is -2.45. The van der Waals surface area contributed by atoms with Crippen molar-refractivity contribution in [3.8, 4) is 0 Å². The van der Waals surface area contributed by atoms with E-state index in [0.29, 0.717) is 27.0 Å². The zero-order valence-electron chi connectivity index (χ0n) is 14.9. The van der Waals surface area contributed by atoms with E-state index in [0.717, 1.165) is 0 Å². The first kappa shape index (κ1) is 19.2. The lowest BCUT2D eigenvalue weighted by Gasteiger charge is -2.29. The molecule has 4 amide bonds. The van der Waals surface area contributed by atoms with Crippen LogP contribution in [-0.2, 0) is 0 Å². The number of carbonyl (C=O) groups is 3. The molecule has 0 bridgehead atoms. The summed E-state index contributed by atoms with van der Waals surface area (Å²) < 4.78 is 0. The molecule has 0 spiro atoms. The van der Waals surface area contributed by atoms with Crippen LogP contribution in [0.15, 0.2) is 36.4 Å². The quantitative estimate of drug-likeness (QED) is 0.687. The molecule has 2 N–H and O–H groups in total. The van der Waals surface area contributed by atoms with Crippen LogP contribution < -0.4 is 10.6 Å². The predicted octanol–water partition coefficient (Wildman–Crippen LogP) is 5.03. The van der Waals surface area contributed by atoms with Crippen molar-refractivity contribution in [2.24, 2.45) is 0 Å². The third kappa shape index (κ3) is 3.91. The van der Waals surface area contributed by atoms with Crippen LogP contribution in [0.25, 0.3) is 0 Å². The summed E-state index contributed by atoms with van der Waals surface area (Å²) in [4.78, 5) is 38.5. The fraction of sp³-hybridized carbons (Fsp3) is 0.211. The number of urea groups is 1. The van der Waals surface area contributed by atoms with Gasteiger partial charge in [-0.15, -0.1) is 0 Å². The second kappa shape index (κ2) is 6.87. The number of carbonyl (C=O) groups excluding carboxylic acids is 3. The molecule has 27 heavy (non-hydrogen) atoms. The van der Waals surface area contributed by atoms with E-state index in [2.05, 4.69) is 10.6 Å². The molecule has 1 heterocycles. The Morgan fingerprint density at radius 3 is 2.00 bits per heavy atom. The molecule has 2 aromatic rings. The van der Waals surface area contributed by atoms with Crippen molar-refractivity contribution in [1.29, 1.82) is 0 Å². The second-order valence-electron chi connectivity index (χ2n) is 7.11. The minimum atomic E-state index is -0.635. The lowest BCUT2D eigenvalue weighted by molar-refractivity contribution is 0.0507. The Bertz CT molecular complexity index is 947. The summed E-state index contributed by atoms with van der Waals surface area (Å²) in [6.07, 6.45) is 0. The van der Waals surface area contributed by atoms with Crippen molar-refractivity contribution >= 4 is 52.4 Å². The standard InChI is InChI=1S/C19H17Cl2N3O3/c1-19(2,3)24-16(25)14-5-4-12(9-15(14)17(24)26)22-18(27)23-13-7-10(20)6-11(21)8-13/h4-9H,1-3H3,(H2,22,23,27). The molecule has 0 unspecified atom stereocenters. The third-order valence-corrected chi connectivity index (χ3v) is 4.37. The van der Waals surface area contributed by atoms with E-state index in [4.69, 9.17) is 23.2 Å². The van der Waals surface area contributed by atoms with Crippen molar-refractivity contribution in [1.82, 2.24) is 4.90 Å². The Hall–Kier alpha value is -2.57. The maximum absolute atomic E-state index is 12.6. The maximum Gasteiger partial charge on any atom is 0.323 e. The van der Waals surface area contributed by atoms with E-state index >= 15 is 0 Å². The Morgan fingerprint density at radius 1 is 0.852 bits per heavy atom. The predicted molar refractivity (Wildman–Crippen MR) is 106 cm³/mol. The molecule has 0 saturated heterocycles. The minimum absolute atomic E-state index is 0.263. The van der Waals surface area contributed by atoms with E-state index < -0.39 is 11.6 Å². The number of amides is 4. The minimum Gasteiger partial charge on any atom is -0.308 e. The van der Waals surface area contributed by atoms with E-state index in [-0.39, 0.29) is 17.4 Å². The first-order valence-electron chi connectivity index (χ1n) is 8.13. The van der Waals surface area contributed by atoms with Crippen molar-refractivity contribution < 1.29 is 14.4 Å². The van der Waals surface area contributed by atoms with Crippen molar-refractivity contribution in [2.45, 2.75) is 26.3 Å². The first-order valence-corrected chi connectivity index (χ1v) is 8.89. The van der Waals surface area contributed by atoms with Gasteiger partial charge in [-0.3, -0.25) is 14.5 Å². The fourth-order valence-corrected chi connectivity index (χ4v) is 3.37. The van der Waals surface area contributed by atoms with E-state index in [1.807, 2.05) is 0 Å². The summed E-state index contributed by atoms with van der Waals surface area (Å²) in [5.41, 5.74) is 0.762. The molecule has 3 rings (SSSR count). The molecule has 2 aromatic carbocycles. The van der Waals surface area contributed by atoms with Crippen LogP contribution in [0, 0.1) is 0 Å². The van der Waals surface area contributed by atoms with Gasteiger partial charge in [-0.1, -0.05) is 23.2 Å². The van der Waals surface area contributed by atoms with E-state index in [1.165, 1.54) is 17.0 Å². The number of benzene rings is 2. The number of rotatable bonds is 2. The molecule has 0 aliphatic carbocycles. The summed E-state index contributed by atoms with van der Waals surface area (Å²) in [6, 6.07) is 8.73. The number of nitrogens with zero attached hydrogens (tertiary/aromatic N) is 1. The highest BCUT2D eigenvalue weighted by atomic mass is 35.5. The number of fused-ring (bicyclic) bond motifs is 1. The average Bonchev–Trinajstić information content (AvgIpc) is 2.76. The van der Waals surface area contributed by atoms with Gasteiger partial charge in [-0.2, -0.15) is 0 Å². The summed E-state index contributed by atoms with van der Waals surface area (Å²) in [7, 11) is 0. The van der Waals surface area contributed by atoms with Crippen molar-refractivity contribution in [2.75, 3.05) is 10.6 Å². The molecule has 1 aliphatic heterocycles. The van der Waals surface area contributed by atoms with E-state index in [1.54, 1.807) is 45.0 Å². The average molecular weight is 406 g/mol. The zero-order valence-corrected chi connectivity index (χ0v) is 16.4. The largest absolute Gasteiger partial charge is 0.323 e. The van der Waals surface area contributed by atoms with Gasteiger partial charge in [-0.25, -0.2) is 4.79 Å². The van der Waals surface area contributed by atoms with Crippen LogP contribution in [-0.4, -0.2) is 28.3 Å². The number of hydrogen-bond acceptors (Lipinski definition) is 3. The van der Waals surface area contributed by atoms with Gasteiger partial charge in [0.25, 0.3) is 11.8 Å². The third-order valence-electron chi connectivity index (χ3n) is 3.94. The van der Waals surface area contributed by atoms with Gasteiger partial charge in [0, 0.05) is 27.0 Å². The number of imide groups is 1. The molecular weight excluding hydrogens is 389 g/mol. The lowest BCUT2D eigenvalue weighted by atomic mass is 10.1. The SMILES string of the molecule is CC(C)(C)N1C(=O)c2ccc(NC(=O)Nc3cc(Cl)cc(Cl)c3)cc2C1=O. The molecule has 0 saturated carbocycles. The smallest absolute Gasteiger partial charge is 0.308 e. The number of nitrogens with one attached hydrogen (secondary N) is 2. The maximum atomic E-state index is 12.6. The summed E-state index contributed by atoms with van der Waals surface area (Å²) in [6.45, 7) is 5.37. The van der Waals surface area contributed by atoms with Gasteiger partial charge in [0.2, 0.25) is 0 Å². The first-order chi connectivity index (χ1) is 12.6. The number of anilines is 2.